The maximum Gasteiger partial charge on any atom is 0.351 e. The van der Waals surface area contributed by atoms with Gasteiger partial charge in [-0.25, -0.2) is 0 Å². The monoisotopic (exact) mass is 317 g/mol. The van der Waals surface area contributed by atoms with Gasteiger partial charge in [-0.05, 0) is 29.8 Å². The van der Waals surface area contributed by atoms with Crippen molar-refractivity contribution in [2.24, 2.45) is 0 Å². The van der Waals surface area contributed by atoms with Crippen molar-refractivity contribution in [3.05, 3.63) is 35.9 Å². The fraction of sp³-hybridized carbons (Fsp3) is 0.462. The van der Waals surface area contributed by atoms with Crippen molar-refractivity contribution in [2.75, 3.05) is 6.61 Å². The second-order valence-corrected chi connectivity index (χ2v) is 8.97. The molecule has 1 rings (SSSR count). The van der Waals surface area contributed by atoms with Crippen molar-refractivity contribution in [1.29, 1.82) is 0 Å². The van der Waals surface area contributed by atoms with E-state index in [9.17, 15) is 4.57 Å². The van der Waals surface area contributed by atoms with Crippen molar-refractivity contribution in [2.45, 2.75) is 31.9 Å². The lowest BCUT2D eigenvalue weighted by molar-refractivity contribution is 0.326. The van der Waals surface area contributed by atoms with Gasteiger partial charge in [-0.2, -0.15) is 0 Å². The Morgan fingerprint density at radius 1 is 1.47 bits per heavy atom. The van der Waals surface area contributed by atoms with Gasteiger partial charge in [-0.3, -0.25) is 4.57 Å². The van der Waals surface area contributed by atoms with Gasteiger partial charge in [0.05, 0.1) is 12.1 Å². The van der Waals surface area contributed by atoms with Crippen LogP contribution in [0.3, 0.4) is 0 Å². The van der Waals surface area contributed by atoms with Crippen LogP contribution in [0.15, 0.2) is 30.3 Å². The second kappa shape index (κ2) is 8.75. The smallest absolute Gasteiger partial charge is 0.305 e. The predicted octanol–water partition coefficient (Wildman–Crippen LogP) is 4.43. The van der Waals surface area contributed by atoms with Crippen LogP contribution in [-0.4, -0.2) is 17.3 Å². The minimum Gasteiger partial charge on any atom is -0.305 e. The molecule has 0 saturated carbocycles. The molecule has 0 heterocycles. The number of nitrogens with one attached hydrogen (secondary N) is 1. The van der Waals surface area contributed by atoms with Crippen LogP contribution in [0.2, 0.25) is 0 Å². The van der Waals surface area contributed by atoms with Gasteiger partial charge >= 0.3 is 6.72 Å². The molecule has 0 aliphatic rings. The number of hydrogen-bond acceptors (Lipinski definition) is 4. The normalized spacial score (nSPS) is 15.5. The van der Waals surface area contributed by atoms with Crippen LogP contribution in [0.25, 0.3) is 0 Å². The van der Waals surface area contributed by atoms with E-state index < -0.39 is 6.72 Å². The van der Waals surface area contributed by atoms with Crippen LogP contribution in [0.5, 0.6) is 0 Å². The molecule has 0 bridgehead atoms. The molecule has 0 aromatic heterocycles. The molecule has 0 radical (unpaired) electrons. The summed E-state index contributed by atoms with van der Waals surface area (Å²) in [6, 6.07) is 10.0. The Morgan fingerprint density at radius 3 is 2.74 bits per heavy atom. The fourth-order valence-corrected chi connectivity index (χ4v) is 5.91. The summed E-state index contributed by atoms with van der Waals surface area (Å²) in [6.07, 6.45) is 1.68. The van der Waals surface area contributed by atoms with Crippen molar-refractivity contribution in [3.8, 4) is 0 Å². The van der Waals surface area contributed by atoms with Crippen LogP contribution in [0, 0.1) is 0 Å². The summed E-state index contributed by atoms with van der Waals surface area (Å²) in [6.45, 7) is 1.59. The first-order chi connectivity index (χ1) is 9.09. The number of benzene rings is 1. The van der Waals surface area contributed by atoms with Crippen molar-refractivity contribution >= 4 is 35.8 Å². The van der Waals surface area contributed by atoms with E-state index in [0.717, 1.165) is 12.8 Å². The van der Waals surface area contributed by atoms with Gasteiger partial charge in [0.1, 0.15) is 0 Å². The highest BCUT2D eigenvalue weighted by atomic mass is 32.7. The average molecular weight is 317 g/mol. The van der Waals surface area contributed by atoms with Crippen molar-refractivity contribution in [3.63, 3.8) is 0 Å². The van der Waals surface area contributed by atoms with E-state index in [1.165, 1.54) is 22.4 Å². The molecule has 6 heteroatoms. The van der Waals surface area contributed by atoms with Crippen LogP contribution >= 0.6 is 30.3 Å². The topological polar surface area (TPSA) is 38.3 Å². The summed E-state index contributed by atoms with van der Waals surface area (Å²) >= 11 is 6.06. The molecule has 0 aliphatic carbocycles. The van der Waals surface area contributed by atoms with E-state index in [1.807, 2.05) is 37.3 Å². The minimum atomic E-state index is -2.92. The lowest BCUT2D eigenvalue weighted by atomic mass is 10.2. The van der Waals surface area contributed by atoms with Crippen LogP contribution in [-0.2, 0) is 15.5 Å². The predicted molar refractivity (Wildman–Crippen MR) is 87.8 cm³/mol. The third kappa shape index (κ3) is 6.57. The molecule has 0 fully saturated rings. The van der Waals surface area contributed by atoms with E-state index in [2.05, 4.69) is 12.0 Å². The quantitative estimate of drug-likeness (QED) is 0.539. The SMILES string of the molecule is CCC(C)SP(=O)(NC=S)OCCc1ccccc1. The van der Waals surface area contributed by atoms with E-state index in [-0.39, 0.29) is 5.25 Å². The molecule has 106 valence electrons. The van der Waals surface area contributed by atoms with Crippen LogP contribution < -0.4 is 5.09 Å². The molecule has 2 atom stereocenters. The molecule has 3 nitrogen and oxygen atoms in total. The molecule has 0 saturated heterocycles. The first-order valence-electron chi connectivity index (χ1n) is 6.28. The molecular weight excluding hydrogens is 297 g/mol. The first-order valence-corrected chi connectivity index (χ1v) is 9.86. The zero-order valence-electron chi connectivity index (χ0n) is 11.2. The van der Waals surface area contributed by atoms with Gasteiger partial charge in [0.25, 0.3) is 0 Å². The zero-order chi connectivity index (χ0) is 14.1. The van der Waals surface area contributed by atoms with Gasteiger partial charge in [-0.15, -0.1) is 0 Å². The van der Waals surface area contributed by atoms with E-state index >= 15 is 0 Å². The van der Waals surface area contributed by atoms with E-state index in [0.29, 0.717) is 6.61 Å². The van der Waals surface area contributed by atoms with Crippen molar-refractivity contribution < 1.29 is 9.09 Å². The molecule has 1 aromatic rings. The van der Waals surface area contributed by atoms with E-state index in [4.69, 9.17) is 16.7 Å². The maximum absolute atomic E-state index is 12.5. The van der Waals surface area contributed by atoms with Gasteiger partial charge in [-0.1, -0.05) is 56.4 Å². The summed E-state index contributed by atoms with van der Waals surface area (Å²) < 4.78 is 18.1. The summed E-state index contributed by atoms with van der Waals surface area (Å²) in [5, 5.41) is 2.97. The summed E-state index contributed by atoms with van der Waals surface area (Å²) in [5.41, 5.74) is 2.45. The van der Waals surface area contributed by atoms with Crippen LogP contribution in [0.4, 0.5) is 0 Å². The Bertz CT molecular complexity index is 428. The Morgan fingerprint density at radius 2 is 2.16 bits per heavy atom. The van der Waals surface area contributed by atoms with Gasteiger partial charge in [0.15, 0.2) is 0 Å². The Balaban J connectivity index is 2.49. The number of hydrogen-bond donors (Lipinski definition) is 1. The molecule has 19 heavy (non-hydrogen) atoms. The Labute approximate surface area is 124 Å². The molecule has 1 aromatic carbocycles. The third-order valence-corrected chi connectivity index (χ3v) is 7.38. The summed E-state index contributed by atoms with van der Waals surface area (Å²) in [5.74, 6) is 0. The van der Waals surface area contributed by atoms with Gasteiger partial charge in [0.2, 0.25) is 0 Å². The van der Waals surface area contributed by atoms with Gasteiger partial charge < -0.3 is 9.61 Å². The van der Waals surface area contributed by atoms with Crippen LogP contribution in [0.1, 0.15) is 25.8 Å². The second-order valence-electron chi connectivity index (χ2n) is 4.14. The Hall–Kier alpha value is -0.350. The van der Waals surface area contributed by atoms with E-state index in [1.54, 1.807) is 0 Å². The third-order valence-electron chi connectivity index (χ3n) is 2.60. The number of thiocarbonyl (C=S) groups is 1. The molecule has 0 spiro atoms. The lowest BCUT2D eigenvalue weighted by Crippen LogP contribution is -2.10. The molecule has 1 N–H and O–H groups in total. The highest BCUT2D eigenvalue weighted by Crippen LogP contribution is 2.57. The standard InChI is InChI=1S/C13H20NO2PS2/c1-3-12(2)19-17(15,14-11-18)16-10-9-13-7-5-4-6-8-13/h4-8,11-12H,3,9-10H2,1-2H3,(H,14,15,18). The molecule has 0 aliphatic heterocycles. The zero-order valence-corrected chi connectivity index (χ0v) is 13.8. The molecule has 0 amide bonds. The average Bonchev–Trinajstić information content (AvgIpc) is 2.40. The molecule has 2 unspecified atom stereocenters. The molecular formula is C13H20NO2PS2. The summed E-state index contributed by atoms with van der Waals surface area (Å²) in [4.78, 5) is 0. The minimum absolute atomic E-state index is 0.269. The largest absolute Gasteiger partial charge is 0.351 e. The Kier molecular flexibility index (Phi) is 7.69. The number of rotatable bonds is 9. The fourth-order valence-electron chi connectivity index (χ4n) is 1.40. The first kappa shape index (κ1) is 16.7. The van der Waals surface area contributed by atoms with Gasteiger partial charge in [0, 0.05) is 5.25 Å². The summed E-state index contributed by atoms with van der Waals surface area (Å²) in [7, 11) is 0. The highest BCUT2D eigenvalue weighted by Gasteiger charge is 2.25. The highest BCUT2D eigenvalue weighted by molar-refractivity contribution is 8.56. The maximum atomic E-state index is 12.5. The lowest BCUT2D eigenvalue weighted by Gasteiger charge is -2.20. The van der Waals surface area contributed by atoms with Crippen molar-refractivity contribution in [1.82, 2.24) is 5.09 Å².